The first-order valence-electron chi connectivity index (χ1n) is 19.4. The maximum atomic E-state index is 12.9. The molecule has 1 heterocycles. The van der Waals surface area contributed by atoms with Crippen LogP contribution in [0.25, 0.3) is 0 Å². The Labute approximate surface area is 301 Å². The summed E-state index contributed by atoms with van der Waals surface area (Å²) in [5, 5.41) is 75.1. The van der Waals surface area contributed by atoms with Crippen LogP contribution in [-0.4, -0.2) is 110 Å². The van der Waals surface area contributed by atoms with Crippen LogP contribution < -0.4 is 5.32 Å². The van der Waals surface area contributed by atoms with E-state index in [0.29, 0.717) is 19.3 Å². The number of hydrogen-bond acceptors (Lipinski definition) is 10. The quantitative estimate of drug-likeness (QED) is 0.0389. The molecule has 11 nitrogen and oxygen atoms in total. The molecule has 1 fully saturated rings. The third-order valence-electron chi connectivity index (χ3n) is 9.13. The fourth-order valence-corrected chi connectivity index (χ4v) is 5.83. The van der Waals surface area contributed by atoms with E-state index in [1.165, 1.54) is 38.5 Å². The molecule has 8 N–H and O–H groups in total. The largest absolute Gasteiger partial charge is 0.394 e. The van der Waals surface area contributed by atoms with Crippen LogP contribution in [-0.2, 0) is 14.3 Å². The lowest BCUT2D eigenvalue weighted by Gasteiger charge is -2.40. The van der Waals surface area contributed by atoms with E-state index in [9.17, 15) is 40.5 Å². The van der Waals surface area contributed by atoms with Gasteiger partial charge in [-0.15, -0.1) is 0 Å². The van der Waals surface area contributed by atoms with E-state index in [0.717, 1.165) is 51.4 Å². The van der Waals surface area contributed by atoms with Crippen molar-refractivity contribution in [1.82, 2.24) is 5.32 Å². The molecule has 50 heavy (non-hydrogen) atoms. The molecule has 9 atom stereocenters. The van der Waals surface area contributed by atoms with Crippen molar-refractivity contribution in [2.75, 3.05) is 13.2 Å². The minimum absolute atomic E-state index is 0.240. The maximum absolute atomic E-state index is 12.9. The van der Waals surface area contributed by atoms with Crippen molar-refractivity contribution in [3.05, 3.63) is 36.5 Å². The summed E-state index contributed by atoms with van der Waals surface area (Å²) in [7, 11) is 0. The zero-order valence-corrected chi connectivity index (χ0v) is 30.9. The summed E-state index contributed by atoms with van der Waals surface area (Å²) in [5.74, 6) is -0.719. The van der Waals surface area contributed by atoms with Crippen LogP contribution in [0.15, 0.2) is 36.5 Å². The number of rotatable bonds is 30. The standard InChI is InChI=1S/C39H71NO10/c1-3-5-7-9-11-13-14-15-16-17-19-20-22-24-26-31(42)34(44)30(29-49-39-37(47)36(46)35(45)33(28-41)50-39)40-38(48)32(43)27-25-23-21-18-12-10-8-6-4-2/h7,9,14-15,19-20,30-37,39,41-47H,3-6,8,10-13,16-18,21-29H2,1-2H3,(H,40,48)/b9-7+,15-14+,20-19+. The number of ether oxygens (including phenoxy) is 2. The molecule has 1 aliphatic rings. The number of aliphatic hydroxyl groups is 7. The predicted molar refractivity (Wildman–Crippen MR) is 196 cm³/mol. The van der Waals surface area contributed by atoms with Crippen molar-refractivity contribution in [2.45, 2.75) is 191 Å². The number of amides is 1. The van der Waals surface area contributed by atoms with Crippen molar-refractivity contribution in [1.29, 1.82) is 0 Å². The summed E-state index contributed by atoms with van der Waals surface area (Å²) in [6, 6.07) is -1.19. The predicted octanol–water partition coefficient (Wildman–Crippen LogP) is 4.49. The van der Waals surface area contributed by atoms with E-state index < -0.39 is 74.2 Å². The highest BCUT2D eigenvalue weighted by Gasteiger charge is 2.44. The fourth-order valence-electron chi connectivity index (χ4n) is 5.83. The van der Waals surface area contributed by atoms with Crippen LogP contribution in [0, 0.1) is 0 Å². The number of carbonyl (C=O) groups excluding carboxylic acids is 1. The van der Waals surface area contributed by atoms with Gasteiger partial charge in [0.2, 0.25) is 5.91 Å². The number of carbonyl (C=O) groups is 1. The van der Waals surface area contributed by atoms with Gasteiger partial charge in [0.15, 0.2) is 6.29 Å². The van der Waals surface area contributed by atoms with Gasteiger partial charge >= 0.3 is 0 Å². The average Bonchev–Trinajstić information content (AvgIpc) is 3.11. The number of nitrogens with one attached hydrogen (secondary N) is 1. The second-order valence-corrected chi connectivity index (χ2v) is 13.6. The lowest BCUT2D eigenvalue weighted by molar-refractivity contribution is -0.303. The van der Waals surface area contributed by atoms with Crippen LogP contribution in [0.1, 0.15) is 136 Å². The summed E-state index contributed by atoms with van der Waals surface area (Å²) >= 11 is 0. The number of allylic oxidation sites excluding steroid dienone is 6. The summed E-state index contributed by atoms with van der Waals surface area (Å²) in [4.78, 5) is 12.9. The van der Waals surface area contributed by atoms with Gasteiger partial charge in [0.05, 0.1) is 25.4 Å². The lowest BCUT2D eigenvalue weighted by atomic mass is 9.98. The van der Waals surface area contributed by atoms with E-state index in [-0.39, 0.29) is 12.8 Å². The van der Waals surface area contributed by atoms with Crippen molar-refractivity contribution in [2.24, 2.45) is 0 Å². The van der Waals surface area contributed by atoms with Crippen molar-refractivity contribution in [3.63, 3.8) is 0 Å². The van der Waals surface area contributed by atoms with Crippen molar-refractivity contribution in [3.8, 4) is 0 Å². The van der Waals surface area contributed by atoms with Gasteiger partial charge in [-0.3, -0.25) is 4.79 Å². The molecule has 1 rings (SSSR count). The first kappa shape index (κ1) is 46.4. The SMILES string of the molecule is CCC/C=C/CC/C=C/CC/C=C/CCCC(O)C(O)C(COC1OC(CO)C(O)C(O)C1O)NC(=O)C(O)CCCCCCCCCCC. The second-order valence-electron chi connectivity index (χ2n) is 13.6. The highest BCUT2D eigenvalue weighted by atomic mass is 16.7. The first-order valence-corrected chi connectivity index (χ1v) is 19.4. The van der Waals surface area contributed by atoms with Crippen molar-refractivity contribution < 1.29 is 50.0 Å². The Morgan fingerprint density at radius 2 is 1.22 bits per heavy atom. The minimum atomic E-state index is -1.67. The average molecular weight is 714 g/mol. The molecule has 0 aromatic carbocycles. The van der Waals surface area contributed by atoms with E-state index in [1.807, 2.05) is 6.08 Å². The second kappa shape index (κ2) is 29.9. The summed E-state index contributed by atoms with van der Waals surface area (Å²) in [6.45, 7) is 3.28. The highest BCUT2D eigenvalue weighted by molar-refractivity contribution is 5.80. The van der Waals surface area contributed by atoms with Crippen LogP contribution in [0.4, 0.5) is 0 Å². The Bertz CT molecular complexity index is 913. The molecule has 9 unspecified atom stereocenters. The molecule has 0 spiro atoms. The molecule has 1 aliphatic heterocycles. The summed E-state index contributed by atoms with van der Waals surface area (Å²) in [5.41, 5.74) is 0. The van der Waals surface area contributed by atoms with Crippen LogP contribution in [0.3, 0.4) is 0 Å². The molecule has 1 saturated heterocycles. The van der Waals surface area contributed by atoms with Gasteiger partial charge in [-0.1, -0.05) is 115 Å². The molecular weight excluding hydrogens is 642 g/mol. The maximum Gasteiger partial charge on any atom is 0.249 e. The number of unbranched alkanes of at least 4 members (excludes halogenated alkanes) is 12. The lowest BCUT2D eigenvalue weighted by Crippen LogP contribution is -2.60. The smallest absolute Gasteiger partial charge is 0.249 e. The molecule has 1 amide bonds. The van der Waals surface area contributed by atoms with Crippen LogP contribution >= 0.6 is 0 Å². The molecular formula is C39H71NO10. The third-order valence-corrected chi connectivity index (χ3v) is 9.13. The monoisotopic (exact) mass is 714 g/mol. The van der Waals surface area contributed by atoms with Crippen LogP contribution in [0.2, 0.25) is 0 Å². The first-order chi connectivity index (χ1) is 24.2. The van der Waals surface area contributed by atoms with Gasteiger partial charge in [-0.25, -0.2) is 0 Å². The number of hydrogen-bond donors (Lipinski definition) is 8. The molecule has 0 aromatic heterocycles. The van der Waals surface area contributed by atoms with Gasteiger partial charge in [-0.05, 0) is 57.8 Å². The van der Waals surface area contributed by atoms with E-state index in [1.54, 1.807) is 0 Å². The molecule has 11 heteroatoms. The van der Waals surface area contributed by atoms with Gasteiger partial charge in [-0.2, -0.15) is 0 Å². The molecule has 0 radical (unpaired) electrons. The fraction of sp³-hybridized carbons (Fsp3) is 0.821. The Balaban J connectivity index is 2.61. The van der Waals surface area contributed by atoms with Gasteiger partial charge in [0.1, 0.15) is 36.6 Å². The molecule has 0 bridgehead atoms. The molecule has 0 aliphatic carbocycles. The molecule has 0 aromatic rings. The van der Waals surface area contributed by atoms with Gasteiger partial charge in [0.25, 0.3) is 0 Å². The van der Waals surface area contributed by atoms with E-state index >= 15 is 0 Å². The minimum Gasteiger partial charge on any atom is -0.394 e. The zero-order chi connectivity index (χ0) is 37.0. The Hall–Kier alpha value is -1.67. The van der Waals surface area contributed by atoms with Crippen molar-refractivity contribution >= 4 is 5.91 Å². The van der Waals surface area contributed by atoms with E-state index in [2.05, 4.69) is 49.5 Å². The van der Waals surface area contributed by atoms with Crippen LogP contribution in [0.5, 0.6) is 0 Å². The summed E-state index contributed by atoms with van der Waals surface area (Å²) in [6.07, 6.45) is 19.3. The Morgan fingerprint density at radius 1 is 0.680 bits per heavy atom. The Morgan fingerprint density at radius 3 is 1.78 bits per heavy atom. The zero-order valence-electron chi connectivity index (χ0n) is 30.9. The molecule has 0 saturated carbocycles. The van der Waals surface area contributed by atoms with Gasteiger partial charge in [0, 0.05) is 0 Å². The topological polar surface area (TPSA) is 189 Å². The normalized spacial score (nSPS) is 23.9. The third kappa shape index (κ3) is 20.4. The van der Waals surface area contributed by atoms with Gasteiger partial charge < -0.3 is 50.5 Å². The Kier molecular flexibility index (Phi) is 27.7. The molecule has 292 valence electrons. The van der Waals surface area contributed by atoms with E-state index in [4.69, 9.17) is 9.47 Å². The highest BCUT2D eigenvalue weighted by Crippen LogP contribution is 2.23. The number of aliphatic hydroxyl groups excluding tert-OH is 7. The summed E-state index contributed by atoms with van der Waals surface area (Å²) < 4.78 is 11.0.